The van der Waals surface area contributed by atoms with Crippen LogP contribution in [0.4, 0.5) is 0 Å². The molecule has 2 rings (SSSR count). The Labute approximate surface area is 101 Å². The highest BCUT2D eigenvalue weighted by molar-refractivity contribution is 9.10. The Hall–Kier alpha value is -0.390. The number of amides is 1. The molecule has 1 aliphatic heterocycles. The molecule has 3 nitrogen and oxygen atoms in total. The van der Waals surface area contributed by atoms with Crippen molar-refractivity contribution >= 4 is 33.2 Å². The molecule has 1 saturated heterocycles. The summed E-state index contributed by atoms with van der Waals surface area (Å²) in [5.41, 5.74) is 0. The lowest BCUT2D eigenvalue weighted by Gasteiger charge is -2.12. The summed E-state index contributed by atoms with van der Waals surface area (Å²) in [5.74, 6) is 0.128. The van der Waals surface area contributed by atoms with Crippen molar-refractivity contribution in [2.45, 2.75) is 19.4 Å². The number of rotatable bonds is 1. The molecule has 1 aromatic rings. The van der Waals surface area contributed by atoms with Gasteiger partial charge in [-0.3, -0.25) is 4.79 Å². The molecule has 1 fully saturated rings. The molecule has 1 aromatic heterocycles. The van der Waals surface area contributed by atoms with Crippen molar-refractivity contribution < 1.29 is 4.79 Å². The van der Waals surface area contributed by atoms with Crippen LogP contribution in [0.15, 0.2) is 10.5 Å². The molecule has 1 unspecified atom stereocenters. The lowest BCUT2D eigenvalue weighted by atomic mass is 10.1. The lowest BCUT2D eigenvalue weighted by Crippen LogP contribution is -2.24. The van der Waals surface area contributed by atoms with Crippen LogP contribution in [0.1, 0.15) is 22.2 Å². The van der Waals surface area contributed by atoms with E-state index in [1.165, 1.54) is 9.75 Å². The van der Waals surface area contributed by atoms with Gasteiger partial charge in [0, 0.05) is 33.7 Å². The number of thiophene rings is 1. The molecule has 0 saturated carbocycles. The summed E-state index contributed by atoms with van der Waals surface area (Å²) in [6.45, 7) is 3.63. The molecule has 1 aliphatic rings. The van der Waals surface area contributed by atoms with Crippen molar-refractivity contribution in [1.82, 2.24) is 10.6 Å². The number of hydrogen-bond donors (Lipinski definition) is 2. The quantitative estimate of drug-likeness (QED) is 0.830. The van der Waals surface area contributed by atoms with Gasteiger partial charge in [-0.2, -0.15) is 0 Å². The van der Waals surface area contributed by atoms with Gasteiger partial charge in [0.05, 0.1) is 6.04 Å². The molecule has 82 valence electrons. The van der Waals surface area contributed by atoms with Crippen LogP contribution in [0.5, 0.6) is 0 Å². The van der Waals surface area contributed by atoms with Gasteiger partial charge >= 0.3 is 0 Å². The van der Waals surface area contributed by atoms with E-state index in [1.54, 1.807) is 11.3 Å². The third-order valence-corrected chi connectivity index (χ3v) is 4.46. The highest BCUT2D eigenvalue weighted by Gasteiger charge is 2.21. The van der Waals surface area contributed by atoms with Crippen LogP contribution < -0.4 is 10.6 Å². The van der Waals surface area contributed by atoms with Crippen molar-refractivity contribution in [3.05, 3.63) is 20.3 Å². The number of halogens is 1. The van der Waals surface area contributed by atoms with E-state index in [-0.39, 0.29) is 11.9 Å². The maximum absolute atomic E-state index is 11.4. The zero-order chi connectivity index (χ0) is 10.8. The van der Waals surface area contributed by atoms with Gasteiger partial charge in [0.2, 0.25) is 5.91 Å². The van der Waals surface area contributed by atoms with E-state index in [4.69, 9.17) is 0 Å². The summed E-state index contributed by atoms with van der Waals surface area (Å²) in [6.07, 6.45) is 0.526. The Morgan fingerprint density at radius 2 is 2.33 bits per heavy atom. The highest BCUT2D eigenvalue weighted by Crippen LogP contribution is 2.33. The van der Waals surface area contributed by atoms with Gasteiger partial charge in [-0.25, -0.2) is 0 Å². The van der Waals surface area contributed by atoms with Crippen LogP contribution in [0.2, 0.25) is 0 Å². The van der Waals surface area contributed by atoms with Crippen molar-refractivity contribution in [1.29, 1.82) is 0 Å². The van der Waals surface area contributed by atoms with Gasteiger partial charge in [0.15, 0.2) is 0 Å². The molecule has 0 bridgehead atoms. The molecular weight excluding hydrogens is 276 g/mol. The van der Waals surface area contributed by atoms with Crippen molar-refractivity contribution in [3.8, 4) is 0 Å². The predicted molar refractivity (Wildman–Crippen MR) is 65.1 cm³/mol. The van der Waals surface area contributed by atoms with E-state index in [0.717, 1.165) is 17.6 Å². The molecule has 1 amide bonds. The minimum Gasteiger partial charge on any atom is -0.355 e. The fourth-order valence-electron chi connectivity index (χ4n) is 1.70. The normalized spacial score (nSPS) is 22.3. The van der Waals surface area contributed by atoms with Crippen LogP contribution >= 0.6 is 27.3 Å². The highest BCUT2D eigenvalue weighted by atomic mass is 79.9. The number of aryl methyl sites for hydroxylation is 1. The maximum Gasteiger partial charge on any atom is 0.221 e. The van der Waals surface area contributed by atoms with Gasteiger partial charge in [0.25, 0.3) is 0 Å². The molecule has 0 aliphatic carbocycles. The summed E-state index contributed by atoms with van der Waals surface area (Å²) in [6, 6.07) is 2.25. The van der Waals surface area contributed by atoms with Crippen LogP contribution in [-0.4, -0.2) is 19.0 Å². The molecule has 2 N–H and O–H groups in total. The van der Waals surface area contributed by atoms with Gasteiger partial charge in [-0.15, -0.1) is 11.3 Å². The van der Waals surface area contributed by atoms with Gasteiger partial charge in [-0.05, 0) is 28.9 Å². The number of carbonyl (C=O) groups is 1. The molecule has 1 atom stereocenters. The smallest absolute Gasteiger partial charge is 0.221 e. The first-order valence-corrected chi connectivity index (χ1v) is 6.53. The van der Waals surface area contributed by atoms with Gasteiger partial charge < -0.3 is 10.6 Å². The first kappa shape index (κ1) is 11.1. The van der Waals surface area contributed by atoms with E-state index in [2.05, 4.69) is 39.6 Å². The second-order valence-electron chi connectivity index (χ2n) is 3.63. The zero-order valence-electron chi connectivity index (χ0n) is 8.47. The molecule has 0 spiro atoms. The standard InChI is InChI=1S/C10H13BrN2OS/c1-6-4-7(11)10(15-6)8-5-9(14)13-3-2-12-8/h4,8,12H,2-3,5H2,1H3,(H,13,14). The molecule has 2 heterocycles. The SMILES string of the molecule is Cc1cc(Br)c(C2CC(=O)NCCN2)s1. The Morgan fingerprint density at radius 1 is 1.53 bits per heavy atom. The topological polar surface area (TPSA) is 41.1 Å². The predicted octanol–water partition coefficient (Wildman–Crippen LogP) is 1.97. The molecular formula is C10H13BrN2OS. The van der Waals surface area contributed by atoms with Gasteiger partial charge in [0.1, 0.15) is 0 Å². The maximum atomic E-state index is 11.4. The minimum absolute atomic E-state index is 0.128. The van der Waals surface area contributed by atoms with E-state index in [0.29, 0.717) is 6.42 Å². The number of carbonyl (C=O) groups excluding carboxylic acids is 1. The number of hydrogen-bond acceptors (Lipinski definition) is 3. The monoisotopic (exact) mass is 288 g/mol. The average Bonchev–Trinajstić information content (AvgIpc) is 2.38. The second kappa shape index (κ2) is 4.63. The Morgan fingerprint density at radius 3 is 3.00 bits per heavy atom. The van der Waals surface area contributed by atoms with E-state index >= 15 is 0 Å². The summed E-state index contributed by atoms with van der Waals surface area (Å²) >= 11 is 5.28. The van der Waals surface area contributed by atoms with Crippen LogP contribution in [-0.2, 0) is 4.79 Å². The van der Waals surface area contributed by atoms with Crippen LogP contribution in [0.25, 0.3) is 0 Å². The summed E-state index contributed by atoms with van der Waals surface area (Å²) < 4.78 is 1.11. The van der Waals surface area contributed by atoms with Crippen LogP contribution in [0.3, 0.4) is 0 Å². The Kier molecular flexibility index (Phi) is 3.43. The lowest BCUT2D eigenvalue weighted by molar-refractivity contribution is -0.121. The fourth-order valence-corrected chi connectivity index (χ4v) is 3.71. The fraction of sp³-hybridized carbons (Fsp3) is 0.500. The summed E-state index contributed by atoms with van der Waals surface area (Å²) in [4.78, 5) is 13.9. The molecule has 15 heavy (non-hydrogen) atoms. The summed E-state index contributed by atoms with van der Waals surface area (Å²) in [5, 5.41) is 6.24. The largest absolute Gasteiger partial charge is 0.355 e. The minimum atomic E-state index is 0.128. The Bertz CT molecular complexity index is 377. The van der Waals surface area contributed by atoms with E-state index < -0.39 is 0 Å². The van der Waals surface area contributed by atoms with Crippen LogP contribution in [0, 0.1) is 6.92 Å². The second-order valence-corrected chi connectivity index (χ2v) is 5.77. The number of nitrogens with one attached hydrogen (secondary N) is 2. The molecule has 0 aromatic carbocycles. The first-order chi connectivity index (χ1) is 7.16. The average molecular weight is 289 g/mol. The Balaban J connectivity index is 2.21. The third-order valence-electron chi connectivity index (χ3n) is 2.38. The van der Waals surface area contributed by atoms with E-state index in [9.17, 15) is 4.79 Å². The summed E-state index contributed by atoms with van der Waals surface area (Å²) in [7, 11) is 0. The third kappa shape index (κ3) is 2.59. The van der Waals surface area contributed by atoms with E-state index in [1.807, 2.05) is 0 Å². The first-order valence-electron chi connectivity index (χ1n) is 4.92. The zero-order valence-corrected chi connectivity index (χ0v) is 10.9. The van der Waals surface area contributed by atoms with Crippen molar-refractivity contribution in [2.24, 2.45) is 0 Å². The van der Waals surface area contributed by atoms with Gasteiger partial charge in [-0.1, -0.05) is 0 Å². The van der Waals surface area contributed by atoms with Crippen molar-refractivity contribution in [2.75, 3.05) is 13.1 Å². The molecule has 0 radical (unpaired) electrons. The molecule has 5 heteroatoms. The van der Waals surface area contributed by atoms with Crippen molar-refractivity contribution in [3.63, 3.8) is 0 Å².